The Labute approximate surface area is 159 Å². The summed E-state index contributed by atoms with van der Waals surface area (Å²) in [4.78, 5) is 8.22. The van der Waals surface area contributed by atoms with Gasteiger partial charge in [0.05, 0.1) is 18.4 Å². The van der Waals surface area contributed by atoms with Gasteiger partial charge < -0.3 is 15.4 Å². The molecule has 0 aliphatic heterocycles. The van der Waals surface area contributed by atoms with E-state index >= 15 is 0 Å². The zero-order valence-electron chi connectivity index (χ0n) is 14.5. The van der Waals surface area contributed by atoms with Gasteiger partial charge in [0.25, 0.3) is 0 Å². The van der Waals surface area contributed by atoms with E-state index in [2.05, 4.69) is 32.6 Å². The molecule has 0 spiro atoms. The Morgan fingerprint density at radius 1 is 1.33 bits per heavy atom. The molecule has 0 bridgehead atoms. The van der Waals surface area contributed by atoms with Crippen molar-refractivity contribution in [2.45, 2.75) is 20.4 Å². The number of pyridine rings is 1. The number of nitrogens with one attached hydrogen (secondary N) is 2. The van der Waals surface area contributed by atoms with Gasteiger partial charge in [-0.15, -0.1) is 24.0 Å². The number of ether oxygens (including phenoxy) is 1. The normalized spacial score (nSPS) is 10.9. The number of halogens is 1. The van der Waals surface area contributed by atoms with Crippen LogP contribution in [0.2, 0.25) is 0 Å². The maximum Gasteiger partial charge on any atom is 0.191 e. The zero-order chi connectivity index (χ0) is 16.7. The van der Waals surface area contributed by atoms with E-state index in [1.165, 1.54) is 5.56 Å². The zero-order valence-corrected chi connectivity index (χ0v) is 16.9. The van der Waals surface area contributed by atoms with Crippen molar-refractivity contribution >= 4 is 29.9 Å². The van der Waals surface area contributed by atoms with E-state index in [9.17, 15) is 0 Å². The first-order valence-electron chi connectivity index (χ1n) is 7.58. The number of rotatable bonds is 6. The Morgan fingerprint density at radius 3 is 2.71 bits per heavy atom. The van der Waals surface area contributed by atoms with Gasteiger partial charge in [-0.2, -0.15) is 5.10 Å². The minimum Gasteiger partial charge on any atom is -0.490 e. The standard InChI is InChI=1S/C16H24N6O.HI/c1-12-15(13(2)22(4)21-12)11-20-16(17-3)19-8-9-23-14-6-5-7-18-10-14;/h5-7,10H,8-9,11H2,1-4H3,(H2,17,19,20);1H. The molecule has 0 fully saturated rings. The van der Waals surface area contributed by atoms with E-state index in [-0.39, 0.29) is 24.0 Å². The lowest BCUT2D eigenvalue weighted by Gasteiger charge is -2.12. The van der Waals surface area contributed by atoms with E-state index < -0.39 is 0 Å². The fourth-order valence-electron chi connectivity index (χ4n) is 2.24. The summed E-state index contributed by atoms with van der Waals surface area (Å²) in [6.07, 6.45) is 3.42. The van der Waals surface area contributed by atoms with Crippen LogP contribution in [-0.4, -0.2) is 40.9 Å². The number of nitrogens with zero attached hydrogens (tertiary/aromatic N) is 4. The highest BCUT2D eigenvalue weighted by Crippen LogP contribution is 2.11. The van der Waals surface area contributed by atoms with Crippen molar-refractivity contribution in [3.05, 3.63) is 41.5 Å². The van der Waals surface area contributed by atoms with Crippen molar-refractivity contribution in [3.63, 3.8) is 0 Å². The predicted octanol–water partition coefficient (Wildman–Crippen LogP) is 1.79. The Kier molecular flexibility index (Phi) is 8.51. The predicted molar refractivity (Wildman–Crippen MR) is 106 cm³/mol. The second kappa shape index (κ2) is 10.1. The Balaban J connectivity index is 0.00000288. The van der Waals surface area contributed by atoms with Gasteiger partial charge in [-0.1, -0.05) is 0 Å². The first-order valence-corrected chi connectivity index (χ1v) is 7.58. The van der Waals surface area contributed by atoms with Crippen LogP contribution in [0.5, 0.6) is 5.75 Å². The lowest BCUT2D eigenvalue weighted by atomic mass is 10.2. The van der Waals surface area contributed by atoms with Crippen molar-refractivity contribution in [2.24, 2.45) is 12.0 Å². The average Bonchev–Trinajstić information content (AvgIpc) is 2.80. The van der Waals surface area contributed by atoms with Crippen molar-refractivity contribution < 1.29 is 4.74 Å². The minimum absolute atomic E-state index is 0. The molecule has 2 aromatic rings. The molecule has 2 aromatic heterocycles. The van der Waals surface area contributed by atoms with Gasteiger partial charge in [0.15, 0.2) is 5.96 Å². The molecule has 7 nitrogen and oxygen atoms in total. The maximum atomic E-state index is 5.58. The highest BCUT2D eigenvalue weighted by molar-refractivity contribution is 14.0. The molecule has 24 heavy (non-hydrogen) atoms. The molecule has 0 aromatic carbocycles. The van der Waals surface area contributed by atoms with Crippen LogP contribution in [0.3, 0.4) is 0 Å². The first-order chi connectivity index (χ1) is 11.1. The molecule has 0 aliphatic rings. The first kappa shape index (κ1) is 20.2. The number of guanidine groups is 1. The highest BCUT2D eigenvalue weighted by Gasteiger charge is 2.09. The smallest absolute Gasteiger partial charge is 0.191 e. The molecule has 0 radical (unpaired) electrons. The van der Waals surface area contributed by atoms with Gasteiger partial charge in [-0.3, -0.25) is 14.7 Å². The molecule has 0 unspecified atom stereocenters. The molecular formula is C16H25IN6O. The van der Waals surface area contributed by atoms with Crippen LogP contribution in [0.25, 0.3) is 0 Å². The van der Waals surface area contributed by atoms with Crippen molar-refractivity contribution in [1.82, 2.24) is 25.4 Å². The lowest BCUT2D eigenvalue weighted by Crippen LogP contribution is -2.39. The molecule has 2 rings (SSSR count). The Hall–Kier alpha value is -1.84. The third kappa shape index (κ3) is 5.66. The van der Waals surface area contributed by atoms with Crippen LogP contribution in [-0.2, 0) is 13.6 Å². The summed E-state index contributed by atoms with van der Waals surface area (Å²) in [5, 5.41) is 10.9. The summed E-state index contributed by atoms with van der Waals surface area (Å²) in [5.74, 6) is 1.50. The maximum absolute atomic E-state index is 5.58. The molecule has 0 saturated heterocycles. The summed E-state index contributed by atoms with van der Waals surface area (Å²) in [7, 11) is 3.70. The van der Waals surface area contributed by atoms with Crippen molar-refractivity contribution in [3.8, 4) is 5.75 Å². The molecule has 132 valence electrons. The summed E-state index contributed by atoms with van der Waals surface area (Å²) in [5.41, 5.74) is 3.39. The monoisotopic (exact) mass is 444 g/mol. The average molecular weight is 444 g/mol. The molecule has 0 aliphatic carbocycles. The largest absolute Gasteiger partial charge is 0.490 e. The highest BCUT2D eigenvalue weighted by atomic mass is 127. The van der Waals surface area contributed by atoms with Gasteiger partial charge in [-0.05, 0) is 26.0 Å². The van der Waals surface area contributed by atoms with Gasteiger partial charge in [0.2, 0.25) is 0 Å². The van der Waals surface area contributed by atoms with Crippen molar-refractivity contribution in [2.75, 3.05) is 20.2 Å². The van der Waals surface area contributed by atoms with E-state index in [1.807, 2.05) is 30.8 Å². The topological polar surface area (TPSA) is 76.4 Å². The summed E-state index contributed by atoms with van der Waals surface area (Å²) in [6, 6.07) is 3.73. The summed E-state index contributed by atoms with van der Waals surface area (Å²) in [6.45, 7) is 5.96. The number of hydrogen-bond acceptors (Lipinski definition) is 4. The van der Waals surface area contributed by atoms with E-state index in [0.29, 0.717) is 19.7 Å². The number of aryl methyl sites for hydroxylation is 2. The van der Waals surface area contributed by atoms with E-state index in [1.54, 1.807) is 19.4 Å². The van der Waals surface area contributed by atoms with Crippen LogP contribution < -0.4 is 15.4 Å². The molecule has 8 heteroatoms. The lowest BCUT2D eigenvalue weighted by molar-refractivity contribution is 0.320. The van der Waals surface area contributed by atoms with Gasteiger partial charge >= 0.3 is 0 Å². The SMILES string of the molecule is CN=C(NCCOc1cccnc1)NCc1c(C)nn(C)c1C.I. The third-order valence-electron chi connectivity index (χ3n) is 3.61. The van der Waals surface area contributed by atoms with E-state index in [4.69, 9.17) is 4.74 Å². The summed E-state index contributed by atoms with van der Waals surface area (Å²) < 4.78 is 7.48. The van der Waals surface area contributed by atoms with Crippen LogP contribution in [0.15, 0.2) is 29.5 Å². The number of hydrogen-bond donors (Lipinski definition) is 2. The second-order valence-corrected chi connectivity index (χ2v) is 5.16. The van der Waals surface area contributed by atoms with E-state index in [0.717, 1.165) is 23.1 Å². The summed E-state index contributed by atoms with van der Waals surface area (Å²) >= 11 is 0. The van der Waals surface area contributed by atoms with Gasteiger partial charge in [0, 0.05) is 38.1 Å². The van der Waals surface area contributed by atoms with Crippen molar-refractivity contribution in [1.29, 1.82) is 0 Å². The van der Waals surface area contributed by atoms with Crippen LogP contribution >= 0.6 is 24.0 Å². The molecule has 0 saturated carbocycles. The minimum atomic E-state index is 0. The fraction of sp³-hybridized carbons (Fsp3) is 0.438. The van der Waals surface area contributed by atoms with Gasteiger partial charge in [0.1, 0.15) is 12.4 Å². The number of aliphatic imine (C=N–C) groups is 1. The molecule has 2 heterocycles. The molecule has 2 N–H and O–H groups in total. The second-order valence-electron chi connectivity index (χ2n) is 5.16. The Morgan fingerprint density at radius 2 is 2.12 bits per heavy atom. The number of aromatic nitrogens is 3. The molecule has 0 atom stereocenters. The quantitative estimate of drug-likeness (QED) is 0.308. The fourth-order valence-corrected chi connectivity index (χ4v) is 2.24. The molecular weight excluding hydrogens is 419 g/mol. The van der Waals surface area contributed by atoms with Crippen LogP contribution in [0.1, 0.15) is 17.0 Å². The van der Waals surface area contributed by atoms with Crippen LogP contribution in [0, 0.1) is 13.8 Å². The van der Waals surface area contributed by atoms with Gasteiger partial charge in [-0.25, -0.2) is 0 Å². The van der Waals surface area contributed by atoms with Crippen LogP contribution in [0.4, 0.5) is 0 Å². The third-order valence-corrected chi connectivity index (χ3v) is 3.61. The molecule has 0 amide bonds. The Bertz CT molecular complexity index is 656.